The summed E-state index contributed by atoms with van der Waals surface area (Å²) in [5, 5.41) is 0.710. The Kier molecular flexibility index (Phi) is 6.68. The second-order valence-electron chi connectivity index (χ2n) is 11.5. The van der Waals surface area contributed by atoms with Gasteiger partial charge in [-0.15, -0.1) is 0 Å². The van der Waals surface area contributed by atoms with Crippen molar-refractivity contribution >= 4 is 29.1 Å². The molecule has 42 heavy (non-hydrogen) atoms. The second-order valence-corrected chi connectivity index (χ2v) is 11.5. The van der Waals surface area contributed by atoms with Gasteiger partial charge in [0.15, 0.2) is 0 Å². The number of nitrogens with zero attached hydrogens (tertiary/aromatic N) is 3. The maximum Gasteiger partial charge on any atom is 0.514 e. The van der Waals surface area contributed by atoms with Gasteiger partial charge in [-0.25, -0.2) is 19.4 Å². The summed E-state index contributed by atoms with van der Waals surface area (Å²) in [5.74, 6) is -0.419. The molecule has 0 radical (unpaired) electrons. The van der Waals surface area contributed by atoms with Crippen molar-refractivity contribution in [1.82, 2.24) is 14.5 Å². The first-order chi connectivity index (χ1) is 20.0. The highest BCUT2D eigenvalue weighted by molar-refractivity contribution is 5.88. The first-order valence-electron chi connectivity index (χ1n) is 13.8. The summed E-state index contributed by atoms with van der Waals surface area (Å²) in [7, 11) is 0. The number of carbonyl (C=O) groups excluding carboxylic acids is 3. The van der Waals surface area contributed by atoms with Gasteiger partial charge in [0, 0.05) is 29.6 Å². The number of pyridine rings is 2. The van der Waals surface area contributed by atoms with Gasteiger partial charge in [-0.3, -0.25) is 4.79 Å². The van der Waals surface area contributed by atoms with E-state index < -0.39 is 29.4 Å². The van der Waals surface area contributed by atoms with Crippen LogP contribution in [0, 0.1) is 0 Å². The number of amides is 1. The van der Waals surface area contributed by atoms with Crippen LogP contribution in [0.15, 0.2) is 35.1 Å². The lowest BCUT2D eigenvalue weighted by atomic mass is 9.85. The van der Waals surface area contributed by atoms with E-state index in [0.29, 0.717) is 59.9 Å². The van der Waals surface area contributed by atoms with Crippen LogP contribution in [-0.2, 0) is 42.5 Å². The monoisotopic (exact) mass is 577 g/mol. The third-order valence-electron chi connectivity index (χ3n) is 7.57. The maximum atomic E-state index is 13.8. The van der Waals surface area contributed by atoms with E-state index in [9.17, 15) is 19.2 Å². The molecule has 12 heteroatoms. The molecule has 1 atom stereocenters. The molecule has 0 bridgehead atoms. The summed E-state index contributed by atoms with van der Waals surface area (Å²) in [6.45, 7) is 8.40. The molecule has 3 aliphatic heterocycles. The zero-order valence-corrected chi connectivity index (χ0v) is 23.9. The van der Waals surface area contributed by atoms with Crippen LogP contribution in [-0.4, -0.2) is 64.6 Å². The molecule has 0 N–H and O–H groups in total. The number of hydrogen-bond donors (Lipinski definition) is 0. The number of carbonyl (C=O) groups is 3. The third-order valence-corrected chi connectivity index (χ3v) is 7.57. The Morgan fingerprint density at radius 2 is 1.86 bits per heavy atom. The minimum absolute atomic E-state index is 0.0796. The molecule has 12 nitrogen and oxygen atoms in total. The number of hydrogen-bond acceptors (Lipinski definition) is 10. The summed E-state index contributed by atoms with van der Waals surface area (Å²) in [6.07, 6.45) is -1.40. The van der Waals surface area contributed by atoms with Gasteiger partial charge >= 0.3 is 18.2 Å². The average molecular weight is 578 g/mol. The highest BCUT2D eigenvalue weighted by atomic mass is 16.7. The van der Waals surface area contributed by atoms with E-state index >= 15 is 0 Å². The molecule has 1 saturated heterocycles. The van der Waals surface area contributed by atoms with Gasteiger partial charge in [-0.2, -0.15) is 0 Å². The van der Waals surface area contributed by atoms with Crippen LogP contribution in [0.5, 0.6) is 5.75 Å². The lowest BCUT2D eigenvalue weighted by Crippen LogP contribution is -2.51. The molecular weight excluding hydrogens is 546 g/mol. The molecule has 0 saturated carbocycles. The number of fused-ring (bicyclic) bond motifs is 5. The molecule has 2 aromatic heterocycles. The Morgan fingerprint density at radius 1 is 1.10 bits per heavy atom. The SMILES string of the molecule is CCC1(OC(=O)N2CCOCC2)C(=O)OCc2c1cc1n(c2=O)Cc2cc3cc(OC(=O)OC(C)(C)C)ccc3nc2-1. The molecule has 1 aromatic carbocycles. The van der Waals surface area contributed by atoms with Crippen LogP contribution in [0.25, 0.3) is 22.3 Å². The lowest BCUT2D eigenvalue weighted by Gasteiger charge is -2.37. The molecule has 220 valence electrons. The van der Waals surface area contributed by atoms with Crippen LogP contribution < -0.4 is 10.3 Å². The highest BCUT2D eigenvalue weighted by Gasteiger charge is 2.51. The minimum Gasteiger partial charge on any atom is -0.457 e. The Morgan fingerprint density at radius 3 is 2.57 bits per heavy atom. The van der Waals surface area contributed by atoms with E-state index in [4.69, 9.17) is 28.7 Å². The van der Waals surface area contributed by atoms with Gasteiger partial charge in [0.25, 0.3) is 5.56 Å². The van der Waals surface area contributed by atoms with Gasteiger partial charge < -0.3 is 33.2 Å². The Balaban J connectivity index is 1.38. The molecule has 1 amide bonds. The number of aromatic nitrogens is 2. The predicted molar refractivity (Wildman–Crippen MR) is 148 cm³/mol. The second kappa shape index (κ2) is 10.1. The van der Waals surface area contributed by atoms with E-state index in [1.165, 1.54) is 4.90 Å². The summed E-state index contributed by atoms with van der Waals surface area (Å²) in [4.78, 5) is 58.6. The van der Waals surface area contributed by atoms with E-state index in [1.54, 1.807) is 56.5 Å². The fraction of sp³-hybridized carbons (Fsp3) is 0.433. The molecule has 3 aromatic rings. The summed E-state index contributed by atoms with van der Waals surface area (Å²) >= 11 is 0. The maximum absolute atomic E-state index is 13.8. The van der Waals surface area contributed by atoms with Crippen molar-refractivity contribution in [1.29, 1.82) is 0 Å². The number of ether oxygens (including phenoxy) is 5. The van der Waals surface area contributed by atoms with Crippen LogP contribution in [0.2, 0.25) is 0 Å². The smallest absolute Gasteiger partial charge is 0.457 e. The molecule has 3 aliphatic rings. The normalized spacial score (nSPS) is 19.4. The summed E-state index contributed by atoms with van der Waals surface area (Å²) < 4.78 is 28.8. The number of rotatable bonds is 3. The Bertz CT molecular complexity index is 1680. The van der Waals surface area contributed by atoms with Gasteiger partial charge in [0.2, 0.25) is 5.60 Å². The molecule has 0 spiro atoms. The quantitative estimate of drug-likeness (QED) is 0.201. The van der Waals surface area contributed by atoms with E-state index in [2.05, 4.69) is 0 Å². The largest absolute Gasteiger partial charge is 0.514 e. The van der Waals surface area contributed by atoms with Gasteiger partial charge in [-0.05, 0) is 57.5 Å². The van der Waals surface area contributed by atoms with Crippen LogP contribution in [0.1, 0.15) is 50.8 Å². The summed E-state index contributed by atoms with van der Waals surface area (Å²) in [5.41, 5.74) is 0.249. The topological polar surface area (TPSA) is 135 Å². The molecule has 5 heterocycles. The zero-order chi connectivity index (χ0) is 29.8. The average Bonchev–Trinajstić information content (AvgIpc) is 3.30. The van der Waals surface area contributed by atoms with Gasteiger partial charge in [0.05, 0.1) is 42.2 Å². The van der Waals surface area contributed by atoms with E-state index in [1.807, 2.05) is 6.07 Å². The van der Waals surface area contributed by atoms with Crippen molar-refractivity contribution < 1.29 is 38.1 Å². The predicted octanol–water partition coefficient (Wildman–Crippen LogP) is 3.87. The fourth-order valence-corrected chi connectivity index (χ4v) is 5.51. The van der Waals surface area contributed by atoms with Crippen molar-refractivity contribution in [2.45, 2.75) is 58.5 Å². The van der Waals surface area contributed by atoms with Crippen molar-refractivity contribution in [2.75, 3.05) is 26.3 Å². The van der Waals surface area contributed by atoms with Crippen molar-refractivity contribution in [3.05, 3.63) is 57.4 Å². The molecule has 0 aliphatic carbocycles. The summed E-state index contributed by atoms with van der Waals surface area (Å²) in [6, 6.07) is 8.62. The van der Waals surface area contributed by atoms with Crippen molar-refractivity contribution in [3.63, 3.8) is 0 Å². The Labute approximate surface area is 241 Å². The van der Waals surface area contributed by atoms with Crippen LogP contribution >= 0.6 is 0 Å². The van der Waals surface area contributed by atoms with Gasteiger partial charge in [-0.1, -0.05) is 6.92 Å². The van der Waals surface area contributed by atoms with Crippen LogP contribution in [0.4, 0.5) is 9.59 Å². The van der Waals surface area contributed by atoms with Crippen molar-refractivity contribution in [3.8, 4) is 17.1 Å². The van der Waals surface area contributed by atoms with E-state index in [-0.39, 0.29) is 30.7 Å². The molecule has 6 rings (SSSR count). The van der Waals surface area contributed by atoms with Crippen molar-refractivity contribution in [2.24, 2.45) is 0 Å². The zero-order valence-electron chi connectivity index (χ0n) is 23.9. The molecule has 1 fully saturated rings. The first-order valence-corrected chi connectivity index (χ1v) is 13.8. The number of morpholine rings is 1. The first kappa shape index (κ1) is 27.7. The molecule has 1 unspecified atom stereocenters. The molecular formula is C30H31N3O9. The van der Waals surface area contributed by atoms with Crippen LogP contribution in [0.3, 0.4) is 0 Å². The standard InChI is InChI=1S/C30H31N3O9/c1-5-30(41-27(36)32-8-10-38-11-9-32)21-14-23-24-18(15-33(23)25(34)20(21)16-39-26(30)35)12-17-13-19(6-7-22(17)31-24)40-28(37)42-29(2,3)4/h6-7,12-14H,5,8-11,15-16H2,1-4H3. The highest BCUT2D eigenvalue weighted by Crippen LogP contribution is 2.41. The minimum atomic E-state index is -1.77. The lowest BCUT2D eigenvalue weighted by molar-refractivity contribution is -0.174. The number of cyclic esters (lactones) is 1. The Hall–Kier alpha value is -4.45. The van der Waals surface area contributed by atoms with E-state index in [0.717, 1.165) is 5.56 Å². The van der Waals surface area contributed by atoms with Gasteiger partial charge in [0.1, 0.15) is 18.0 Å². The third kappa shape index (κ3) is 4.75. The fourth-order valence-electron chi connectivity index (χ4n) is 5.51. The number of esters is 1. The number of benzene rings is 1.